The Morgan fingerprint density at radius 1 is 1.15 bits per heavy atom. The molecule has 0 saturated carbocycles. The molecule has 144 valence electrons. The van der Waals surface area contributed by atoms with Gasteiger partial charge in [0.05, 0.1) is 10.4 Å². The van der Waals surface area contributed by atoms with Gasteiger partial charge in [0.15, 0.2) is 11.9 Å². The van der Waals surface area contributed by atoms with E-state index >= 15 is 0 Å². The van der Waals surface area contributed by atoms with E-state index in [0.29, 0.717) is 21.8 Å². The van der Waals surface area contributed by atoms with Crippen LogP contribution in [-0.4, -0.2) is 34.4 Å². The summed E-state index contributed by atoms with van der Waals surface area (Å²) in [6.07, 6.45) is -0.990. The summed E-state index contributed by atoms with van der Waals surface area (Å²) < 4.78 is 5.32. The first-order valence-electron chi connectivity index (χ1n) is 8.44. The molecule has 27 heavy (non-hydrogen) atoms. The zero-order chi connectivity index (χ0) is 20.4. The van der Waals surface area contributed by atoms with E-state index in [4.69, 9.17) is 9.84 Å². The monoisotopic (exact) mass is 389 g/mol. The predicted octanol–water partition coefficient (Wildman–Crippen LogP) is 3.61. The highest BCUT2D eigenvalue weighted by atomic mass is 32.1. The number of carbonyl (C=O) groups is 3. The molecular weight excluding hydrogens is 366 g/mol. The maximum atomic E-state index is 13.0. The van der Waals surface area contributed by atoms with Crippen molar-refractivity contribution < 1.29 is 24.2 Å². The van der Waals surface area contributed by atoms with Gasteiger partial charge in [-0.25, -0.2) is 4.79 Å². The molecule has 1 heterocycles. The number of hydrogen-bond donors (Lipinski definition) is 2. The Morgan fingerprint density at radius 2 is 1.81 bits per heavy atom. The van der Waals surface area contributed by atoms with Crippen LogP contribution in [-0.2, 0) is 4.79 Å². The van der Waals surface area contributed by atoms with Gasteiger partial charge in [0, 0.05) is 5.56 Å². The van der Waals surface area contributed by atoms with Crippen LogP contribution < -0.4 is 10.1 Å². The summed E-state index contributed by atoms with van der Waals surface area (Å²) in [5.41, 5.74) is 0.851. The number of aliphatic carboxylic acids is 1. The molecule has 1 aromatic carbocycles. The minimum absolute atomic E-state index is 0.236. The van der Waals surface area contributed by atoms with Gasteiger partial charge in [0.1, 0.15) is 5.75 Å². The van der Waals surface area contributed by atoms with Crippen LogP contribution in [0.3, 0.4) is 0 Å². The zero-order valence-electron chi connectivity index (χ0n) is 16.0. The molecule has 0 aliphatic rings. The van der Waals surface area contributed by atoms with E-state index in [1.54, 1.807) is 39.0 Å². The Bertz CT molecular complexity index is 884. The first kappa shape index (κ1) is 20.6. The third-order valence-corrected chi connectivity index (χ3v) is 5.18. The van der Waals surface area contributed by atoms with Crippen LogP contribution in [0.5, 0.6) is 5.75 Å². The van der Waals surface area contributed by atoms with Gasteiger partial charge in [-0.05, 0) is 75.4 Å². The summed E-state index contributed by atoms with van der Waals surface area (Å²) in [6.45, 7) is 8.34. The molecule has 0 radical (unpaired) electrons. The fourth-order valence-electron chi connectivity index (χ4n) is 2.56. The second kappa shape index (κ2) is 7.92. The topological polar surface area (TPSA) is 92.7 Å². The number of Topliss-reactive ketones (excluding diaryl/α,β-unsaturated/α-hetero) is 1. The molecule has 1 atom stereocenters. The molecule has 0 fully saturated rings. The van der Waals surface area contributed by atoms with Crippen molar-refractivity contribution in [3.8, 4) is 5.75 Å². The number of carbonyl (C=O) groups excluding carboxylic acids is 2. The lowest BCUT2D eigenvalue weighted by Crippen LogP contribution is -2.49. The maximum absolute atomic E-state index is 13.0. The molecule has 6 nitrogen and oxygen atoms in total. The smallest absolute Gasteiger partial charge is 0.344 e. The van der Waals surface area contributed by atoms with E-state index in [1.165, 1.54) is 18.3 Å². The average Bonchev–Trinajstić information content (AvgIpc) is 3.00. The van der Waals surface area contributed by atoms with E-state index in [9.17, 15) is 14.4 Å². The fourth-order valence-corrected chi connectivity index (χ4v) is 3.38. The van der Waals surface area contributed by atoms with E-state index in [1.807, 2.05) is 18.4 Å². The molecule has 1 unspecified atom stereocenters. The number of nitrogens with one attached hydrogen (secondary N) is 1. The SMILES string of the molecule is Cc1cc(OC(C)C(=O)O)ccc1C(=O)C(C)(C)NC(=O)c1sccc1C. The molecule has 0 bridgehead atoms. The van der Waals surface area contributed by atoms with E-state index in [0.717, 1.165) is 5.56 Å². The average molecular weight is 389 g/mol. The van der Waals surface area contributed by atoms with Crippen molar-refractivity contribution >= 4 is 29.0 Å². The quantitative estimate of drug-likeness (QED) is 0.706. The largest absolute Gasteiger partial charge is 0.479 e. The Labute approximate surface area is 162 Å². The molecule has 2 aromatic rings. The number of rotatable bonds is 7. The summed E-state index contributed by atoms with van der Waals surface area (Å²) in [5, 5.41) is 13.6. The standard InChI is InChI=1S/C20H23NO5S/c1-11-8-9-27-16(11)18(23)21-20(4,5)17(22)15-7-6-14(10-12(15)2)26-13(3)19(24)25/h6-10,13H,1-5H3,(H,21,23)(H,24,25). The van der Waals surface area contributed by atoms with Crippen molar-refractivity contribution in [2.24, 2.45) is 0 Å². The number of benzene rings is 1. The van der Waals surface area contributed by atoms with Gasteiger partial charge in [-0.1, -0.05) is 0 Å². The molecule has 1 aromatic heterocycles. The lowest BCUT2D eigenvalue weighted by atomic mass is 9.90. The van der Waals surface area contributed by atoms with Crippen LogP contribution in [0, 0.1) is 13.8 Å². The molecule has 2 N–H and O–H groups in total. The molecule has 0 aliphatic carbocycles. The third-order valence-electron chi connectivity index (χ3n) is 4.17. The minimum atomic E-state index is -1.10. The normalized spacial score (nSPS) is 12.3. The second-order valence-corrected chi connectivity index (χ2v) is 7.83. The van der Waals surface area contributed by atoms with Crippen molar-refractivity contribution in [1.29, 1.82) is 0 Å². The first-order chi connectivity index (χ1) is 12.5. The van der Waals surface area contributed by atoms with Gasteiger partial charge < -0.3 is 15.2 Å². The van der Waals surface area contributed by atoms with E-state index < -0.39 is 17.6 Å². The Balaban J connectivity index is 2.19. The molecule has 0 aliphatic heterocycles. The lowest BCUT2D eigenvalue weighted by Gasteiger charge is -2.25. The maximum Gasteiger partial charge on any atom is 0.344 e. The van der Waals surface area contributed by atoms with E-state index in [2.05, 4.69) is 5.32 Å². The molecule has 1 amide bonds. The Morgan fingerprint density at radius 3 is 2.33 bits per heavy atom. The number of amides is 1. The van der Waals surface area contributed by atoms with Crippen LogP contribution in [0.1, 0.15) is 51.9 Å². The number of aryl methyl sites for hydroxylation is 2. The molecule has 2 rings (SSSR count). The van der Waals surface area contributed by atoms with Crippen LogP contribution in [0.25, 0.3) is 0 Å². The number of hydrogen-bond acceptors (Lipinski definition) is 5. The van der Waals surface area contributed by atoms with Gasteiger partial charge in [0.25, 0.3) is 5.91 Å². The summed E-state index contributed by atoms with van der Waals surface area (Å²) in [6, 6.07) is 6.62. The summed E-state index contributed by atoms with van der Waals surface area (Å²) in [7, 11) is 0. The van der Waals surface area contributed by atoms with Crippen molar-refractivity contribution in [2.45, 2.75) is 46.3 Å². The predicted molar refractivity (Wildman–Crippen MR) is 104 cm³/mol. The third kappa shape index (κ3) is 4.74. The number of carboxylic acid groups (broad SMARTS) is 1. The molecular formula is C20H23NO5S. The lowest BCUT2D eigenvalue weighted by molar-refractivity contribution is -0.144. The minimum Gasteiger partial charge on any atom is -0.479 e. The van der Waals surface area contributed by atoms with Gasteiger partial charge >= 0.3 is 5.97 Å². The highest BCUT2D eigenvalue weighted by molar-refractivity contribution is 7.12. The number of ketones is 1. The summed E-state index contributed by atoms with van der Waals surface area (Å²) in [5.74, 6) is -1.22. The van der Waals surface area contributed by atoms with Crippen LogP contribution in [0.2, 0.25) is 0 Å². The van der Waals surface area contributed by atoms with Crippen LogP contribution >= 0.6 is 11.3 Å². The van der Waals surface area contributed by atoms with Gasteiger partial charge in [-0.15, -0.1) is 11.3 Å². The van der Waals surface area contributed by atoms with Crippen LogP contribution in [0.15, 0.2) is 29.6 Å². The van der Waals surface area contributed by atoms with Crippen molar-refractivity contribution in [3.63, 3.8) is 0 Å². The highest BCUT2D eigenvalue weighted by Gasteiger charge is 2.32. The van der Waals surface area contributed by atoms with Gasteiger partial charge in [-0.3, -0.25) is 9.59 Å². The summed E-state index contributed by atoms with van der Waals surface area (Å²) >= 11 is 1.33. The summed E-state index contributed by atoms with van der Waals surface area (Å²) in [4.78, 5) is 36.9. The van der Waals surface area contributed by atoms with Crippen LogP contribution in [0.4, 0.5) is 0 Å². The zero-order valence-corrected chi connectivity index (χ0v) is 16.8. The second-order valence-electron chi connectivity index (χ2n) is 6.92. The molecule has 0 spiro atoms. The fraction of sp³-hybridized carbons (Fsp3) is 0.350. The van der Waals surface area contributed by atoms with E-state index in [-0.39, 0.29) is 11.7 Å². The number of carboxylic acids is 1. The molecule has 7 heteroatoms. The number of ether oxygens (including phenoxy) is 1. The van der Waals surface area contributed by atoms with Crippen molar-refractivity contribution in [1.82, 2.24) is 5.32 Å². The van der Waals surface area contributed by atoms with Gasteiger partial charge in [-0.2, -0.15) is 0 Å². The highest BCUT2D eigenvalue weighted by Crippen LogP contribution is 2.23. The van der Waals surface area contributed by atoms with Gasteiger partial charge in [0.2, 0.25) is 0 Å². The van der Waals surface area contributed by atoms with Crippen molar-refractivity contribution in [2.75, 3.05) is 0 Å². The Kier molecular flexibility index (Phi) is 6.05. The first-order valence-corrected chi connectivity index (χ1v) is 9.32. The number of thiophene rings is 1. The molecule has 0 saturated heterocycles. The van der Waals surface area contributed by atoms with Crippen molar-refractivity contribution in [3.05, 3.63) is 51.2 Å². The Hall–Kier alpha value is -2.67.